The van der Waals surface area contributed by atoms with Crippen molar-refractivity contribution in [3.63, 3.8) is 0 Å². The number of hydrogen-bond acceptors (Lipinski definition) is 1. The minimum absolute atomic E-state index is 0.409. The van der Waals surface area contributed by atoms with Crippen molar-refractivity contribution in [3.8, 4) is 33.4 Å². The highest BCUT2D eigenvalue weighted by Crippen LogP contribution is 2.65. The van der Waals surface area contributed by atoms with Gasteiger partial charge in [-0.05, 0) is 79.9 Å². The van der Waals surface area contributed by atoms with Gasteiger partial charge in [0.15, 0.2) is 0 Å². The van der Waals surface area contributed by atoms with Crippen LogP contribution < -0.4 is 0 Å². The average Bonchev–Trinajstić information content (AvgIpc) is 3.61. The Bertz CT molecular complexity index is 2150. The van der Waals surface area contributed by atoms with E-state index >= 15 is 0 Å². The lowest BCUT2D eigenvalue weighted by atomic mass is 9.68. The Kier molecular flexibility index (Phi) is 4.29. The molecule has 2 aliphatic rings. The van der Waals surface area contributed by atoms with E-state index in [2.05, 4.69) is 121 Å². The highest BCUT2D eigenvalue weighted by molar-refractivity contribution is 7.26. The number of benzene rings is 6. The Balaban J connectivity index is 1.52. The van der Waals surface area contributed by atoms with E-state index in [1.54, 1.807) is 0 Å². The lowest BCUT2D eigenvalue weighted by molar-refractivity contribution is 0.796. The predicted molar refractivity (Wildman–Crippen MR) is 166 cm³/mol. The quantitative estimate of drug-likeness (QED) is 0.197. The van der Waals surface area contributed by atoms with Gasteiger partial charge < -0.3 is 0 Å². The summed E-state index contributed by atoms with van der Waals surface area (Å²) in [6.07, 6.45) is 0. The molecule has 1 heterocycles. The highest BCUT2D eigenvalue weighted by atomic mass is 35.5. The average molecular weight is 533 g/mol. The minimum atomic E-state index is -0.409. The molecule has 0 amide bonds. The summed E-state index contributed by atoms with van der Waals surface area (Å²) in [6.45, 7) is 0. The third-order valence-electron chi connectivity index (χ3n) is 8.74. The van der Waals surface area contributed by atoms with Crippen LogP contribution in [0, 0.1) is 0 Å². The van der Waals surface area contributed by atoms with Gasteiger partial charge in [0.05, 0.1) is 5.41 Å². The van der Waals surface area contributed by atoms with Gasteiger partial charge in [0, 0.05) is 25.2 Å². The van der Waals surface area contributed by atoms with Gasteiger partial charge >= 0.3 is 0 Å². The van der Waals surface area contributed by atoms with Crippen molar-refractivity contribution in [2.24, 2.45) is 0 Å². The standard InChI is InChI=1S/C37H21ClS/c38-23-10-7-9-22(21-23)24-14-8-15-26-25-11-1-4-16-29(25)37(36(24)26)30-17-5-2-12-27(30)34-31(37)19-20-33-35(34)28-13-3-6-18-32(28)39-33/h1-21H. The van der Waals surface area contributed by atoms with Crippen molar-refractivity contribution in [2.75, 3.05) is 0 Å². The SMILES string of the molecule is Clc1cccc(-c2cccc3c2C2(c4ccccc4-3)c3ccccc3-c3c2ccc2sc4ccccc4c32)c1. The molecule has 0 saturated carbocycles. The third-order valence-corrected chi connectivity index (χ3v) is 10.1. The van der Waals surface area contributed by atoms with Crippen LogP contribution >= 0.6 is 22.9 Å². The predicted octanol–water partition coefficient (Wildman–Crippen LogP) is 10.7. The number of rotatable bonds is 1. The summed E-state index contributed by atoms with van der Waals surface area (Å²) in [6, 6.07) is 46.8. The molecule has 39 heavy (non-hydrogen) atoms. The fourth-order valence-electron chi connectivity index (χ4n) is 7.40. The van der Waals surface area contributed by atoms with Gasteiger partial charge in [-0.1, -0.05) is 115 Å². The number of fused-ring (bicyclic) bond motifs is 14. The normalized spacial score (nSPS) is 16.4. The fourth-order valence-corrected chi connectivity index (χ4v) is 8.70. The molecule has 1 unspecified atom stereocenters. The monoisotopic (exact) mass is 532 g/mol. The maximum Gasteiger partial charge on any atom is 0.0731 e. The first kappa shape index (κ1) is 21.7. The van der Waals surface area contributed by atoms with Crippen LogP contribution in [0.4, 0.5) is 0 Å². The fraction of sp³-hybridized carbons (Fsp3) is 0.0270. The summed E-state index contributed by atoms with van der Waals surface area (Å²) in [5.41, 5.74) is 12.8. The van der Waals surface area contributed by atoms with Crippen molar-refractivity contribution in [3.05, 3.63) is 155 Å². The molecular formula is C37H21ClS. The summed E-state index contributed by atoms with van der Waals surface area (Å²) in [5, 5.41) is 3.48. The molecule has 9 rings (SSSR count). The van der Waals surface area contributed by atoms with Gasteiger partial charge in [-0.2, -0.15) is 0 Å². The zero-order chi connectivity index (χ0) is 25.7. The van der Waals surface area contributed by atoms with E-state index in [1.807, 2.05) is 17.4 Å². The van der Waals surface area contributed by atoms with E-state index in [4.69, 9.17) is 11.6 Å². The Morgan fingerprint density at radius 1 is 0.513 bits per heavy atom. The molecule has 0 saturated heterocycles. The highest BCUT2D eigenvalue weighted by Gasteiger charge is 2.53. The third kappa shape index (κ3) is 2.65. The number of halogens is 1. The summed E-state index contributed by atoms with van der Waals surface area (Å²) < 4.78 is 2.68. The van der Waals surface area contributed by atoms with Gasteiger partial charge in [0.25, 0.3) is 0 Å². The second-order valence-corrected chi connectivity index (χ2v) is 12.1. The Hall–Kier alpha value is -4.17. The first-order chi connectivity index (χ1) is 19.3. The van der Waals surface area contributed by atoms with Crippen LogP contribution in [0.5, 0.6) is 0 Å². The molecule has 1 aromatic heterocycles. The van der Waals surface area contributed by atoms with Crippen molar-refractivity contribution in [2.45, 2.75) is 5.41 Å². The largest absolute Gasteiger partial charge is 0.135 e. The zero-order valence-corrected chi connectivity index (χ0v) is 22.5. The molecule has 2 heteroatoms. The Morgan fingerprint density at radius 3 is 2.08 bits per heavy atom. The summed E-state index contributed by atoms with van der Waals surface area (Å²) in [7, 11) is 0. The Labute approximate surface area is 235 Å². The molecule has 0 radical (unpaired) electrons. The molecule has 0 nitrogen and oxygen atoms in total. The van der Waals surface area contributed by atoms with Crippen LogP contribution in [0.1, 0.15) is 22.3 Å². The summed E-state index contributed by atoms with van der Waals surface area (Å²) in [4.78, 5) is 0. The molecule has 6 aromatic carbocycles. The van der Waals surface area contributed by atoms with E-state index in [0.29, 0.717) is 0 Å². The molecule has 2 aliphatic carbocycles. The van der Waals surface area contributed by atoms with Crippen molar-refractivity contribution < 1.29 is 0 Å². The van der Waals surface area contributed by atoms with E-state index in [9.17, 15) is 0 Å². The summed E-state index contributed by atoms with van der Waals surface area (Å²) in [5.74, 6) is 0. The van der Waals surface area contributed by atoms with Gasteiger partial charge in [-0.3, -0.25) is 0 Å². The first-order valence-electron chi connectivity index (χ1n) is 13.3. The van der Waals surface area contributed by atoms with Gasteiger partial charge in [-0.25, -0.2) is 0 Å². The molecule has 0 aliphatic heterocycles. The zero-order valence-electron chi connectivity index (χ0n) is 20.9. The molecule has 0 fully saturated rings. The van der Waals surface area contributed by atoms with Crippen LogP contribution in [0.25, 0.3) is 53.6 Å². The topological polar surface area (TPSA) is 0 Å². The molecule has 1 spiro atoms. The van der Waals surface area contributed by atoms with Crippen LogP contribution in [0.3, 0.4) is 0 Å². The summed E-state index contributed by atoms with van der Waals surface area (Å²) >= 11 is 8.45. The number of thiophene rings is 1. The van der Waals surface area contributed by atoms with Gasteiger partial charge in [0.1, 0.15) is 0 Å². The van der Waals surface area contributed by atoms with Crippen LogP contribution in [0.2, 0.25) is 5.02 Å². The molecule has 0 N–H and O–H groups in total. The minimum Gasteiger partial charge on any atom is -0.135 e. The van der Waals surface area contributed by atoms with E-state index in [-0.39, 0.29) is 0 Å². The lowest BCUT2D eigenvalue weighted by Gasteiger charge is -2.32. The maximum atomic E-state index is 6.56. The second-order valence-electron chi connectivity index (χ2n) is 10.5. The first-order valence-corrected chi connectivity index (χ1v) is 14.5. The van der Waals surface area contributed by atoms with E-state index in [0.717, 1.165) is 10.6 Å². The van der Waals surface area contributed by atoms with Crippen molar-refractivity contribution in [1.29, 1.82) is 0 Å². The Morgan fingerprint density at radius 2 is 1.21 bits per heavy atom. The molecular weight excluding hydrogens is 512 g/mol. The van der Waals surface area contributed by atoms with Crippen LogP contribution in [-0.4, -0.2) is 0 Å². The second kappa shape index (κ2) is 7.70. The molecule has 182 valence electrons. The van der Waals surface area contributed by atoms with Crippen LogP contribution in [0.15, 0.2) is 127 Å². The maximum absolute atomic E-state index is 6.56. The smallest absolute Gasteiger partial charge is 0.0731 e. The van der Waals surface area contributed by atoms with E-state index in [1.165, 1.54) is 70.2 Å². The van der Waals surface area contributed by atoms with Gasteiger partial charge in [0.2, 0.25) is 0 Å². The van der Waals surface area contributed by atoms with E-state index < -0.39 is 5.41 Å². The lowest BCUT2D eigenvalue weighted by Crippen LogP contribution is -2.26. The molecule has 1 atom stereocenters. The van der Waals surface area contributed by atoms with Gasteiger partial charge in [-0.15, -0.1) is 11.3 Å². The van der Waals surface area contributed by atoms with Crippen LogP contribution in [-0.2, 0) is 5.41 Å². The molecule has 7 aromatic rings. The van der Waals surface area contributed by atoms with Crippen molar-refractivity contribution >= 4 is 43.1 Å². The number of hydrogen-bond donors (Lipinski definition) is 0. The molecule has 0 bridgehead atoms. The van der Waals surface area contributed by atoms with Crippen molar-refractivity contribution in [1.82, 2.24) is 0 Å².